The second-order valence-corrected chi connectivity index (χ2v) is 7.17. The first-order chi connectivity index (χ1) is 10.2. The summed E-state index contributed by atoms with van der Waals surface area (Å²) in [6.07, 6.45) is 7.58. The summed E-state index contributed by atoms with van der Waals surface area (Å²) in [5.41, 5.74) is 0. The van der Waals surface area contributed by atoms with Gasteiger partial charge in [0.2, 0.25) is 5.91 Å². The molecule has 4 heteroatoms. The van der Waals surface area contributed by atoms with E-state index < -0.39 is 0 Å². The third kappa shape index (κ3) is 3.54. The van der Waals surface area contributed by atoms with Gasteiger partial charge in [-0.05, 0) is 55.9 Å². The first-order valence-corrected chi connectivity index (χ1v) is 8.94. The number of carbonyl (C=O) groups is 1. The zero-order valence-electron chi connectivity index (χ0n) is 12.3. The van der Waals surface area contributed by atoms with Crippen LogP contribution in [0.2, 0.25) is 0 Å². The van der Waals surface area contributed by atoms with Gasteiger partial charge in [0.05, 0.1) is 5.75 Å². The summed E-state index contributed by atoms with van der Waals surface area (Å²) in [5.74, 6) is 1.81. The fourth-order valence-corrected chi connectivity index (χ4v) is 4.49. The molecule has 1 aliphatic carbocycles. The van der Waals surface area contributed by atoms with Crippen LogP contribution in [0.3, 0.4) is 0 Å². The molecule has 2 unspecified atom stereocenters. The maximum absolute atomic E-state index is 12.5. The second-order valence-electron chi connectivity index (χ2n) is 6.12. The van der Waals surface area contributed by atoms with E-state index in [9.17, 15) is 9.90 Å². The zero-order chi connectivity index (χ0) is 14.7. The molecule has 1 heterocycles. The average Bonchev–Trinajstić information content (AvgIpc) is 2.53. The Balaban J connectivity index is 1.57. The Labute approximate surface area is 130 Å². The SMILES string of the molecule is O=C(CSc1ccc(O)cc1)N1CCCC2CCCCC21. The van der Waals surface area contributed by atoms with E-state index in [0.717, 1.165) is 23.8 Å². The van der Waals surface area contributed by atoms with Crippen LogP contribution >= 0.6 is 11.8 Å². The number of likely N-dealkylation sites (tertiary alicyclic amines) is 1. The fourth-order valence-electron chi connectivity index (χ4n) is 3.70. The molecule has 0 aromatic heterocycles. The van der Waals surface area contributed by atoms with Crippen LogP contribution < -0.4 is 0 Å². The molecule has 2 fully saturated rings. The number of hydrogen-bond donors (Lipinski definition) is 1. The molecule has 2 aliphatic rings. The van der Waals surface area contributed by atoms with Crippen molar-refractivity contribution in [3.05, 3.63) is 24.3 Å². The van der Waals surface area contributed by atoms with E-state index in [-0.39, 0.29) is 11.7 Å². The Morgan fingerprint density at radius 3 is 2.67 bits per heavy atom. The van der Waals surface area contributed by atoms with Crippen molar-refractivity contribution in [3.63, 3.8) is 0 Å². The van der Waals surface area contributed by atoms with Crippen molar-refractivity contribution in [2.75, 3.05) is 12.3 Å². The minimum atomic E-state index is 0.270. The normalized spacial score (nSPS) is 25.4. The summed E-state index contributed by atoms with van der Waals surface area (Å²) in [6.45, 7) is 0.941. The summed E-state index contributed by atoms with van der Waals surface area (Å²) in [4.78, 5) is 15.7. The van der Waals surface area contributed by atoms with Crippen LogP contribution in [0.1, 0.15) is 38.5 Å². The molecular formula is C17H23NO2S. The standard InChI is InChI=1S/C17H23NO2S/c19-14-7-9-15(10-8-14)21-12-17(20)18-11-3-5-13-4-1-2-6-16(13)18/h7-10,13,16,19H,1-6,11-12H2. The topological polar surface area (TPSA) is 40.5 Å². The lowest BCUT2D eigenvalue weighted by Gasteiger charge is -2.44. The molecule has 1 aromatic carbocycles. The maximum atomic E-state index is 12.5. The number of carbonyl (C=O) groups excluding carboxylic acids is 1. The quantitative estimate of drug-likeness (QED) is 0.866. The van der Waals surface area contributed by atoms with Gasteiger partial charge in [-0.15, -0.1) is 11.8 Å². The van der Waals surface area contributed by atoms with Gasteiger partial charge in [-0.1, -0.05) is 12.8 Å². The highest BCUT2D eigenvalue weighted by Crippen LogP contribution is 2.35. The summed E-state index contributed by atoms with van der Waals surface area (Å²) in [6, 6.07) is 7.58. The highest BCUT2D eigenvalue weighted by molar-refractivity contribution is 8.00. The minimum absolute atomic E-state index is 0.270. The molecule has 1 aliphatic heterocycles. The lowest BCUT2D eigenvalue weighted by Crippen LogP contribution is -2.50. The molecule has 1 aromatic rings. The van der Waals surface area contributed by atoms with Crippen LogP contribution in [0.25, 0.3) is 0 Å². The fraction of sp³-hybridized carbons (Fsp3) is 0.588. The third-order valence-corrected chi connectivity index (χ3v) is 5.76. The van der Waals surface area contributed by atoms with E-state index in [4.69, 9.17) is 0 Å². The monoisotopic (exact) mass is 305 g/mol. The lowest BCUT2D eigenvalue weighted by atomic mass is 9.78. The molecule has 114 valence electrons. The van der Waals surface area contributed by atoms with E-state index >= 15 is 0 Å². The summed E-state index contributed by atoms with van der Waals surface area (Å²) < 4.78 is 0. The van der Waals surface area contributed by atoms with Crippen LogP contribution in [-0.2, 0) is 4.79 Å². The molecule has 1 amide bonds. The minimum Gasteiger partial charge on any atom is -0.508 e. The van der Waals surface area contributed by atoms with Crippen molar-refractivity contribution in [3.8, 4) is 5.75 Å². The number of phenolic OH excluding ortho intramolecular Hbond substituents is 1. The number of thioether (sulfide) groups is 1. The Hall–Kier alpha value is -1.16. The number of fused-ring (bicyclic) bond motifs is 1. The molecule has 3 nitrogen and oxygen atoms in total. The zero-order valence-corrected chi connectivity index (χ0v) is 13.1. The summed E-state index contributed by atoms with van der Waals surface area (Å²) in [7, 11) is 0. The van der Waals surface area contributed by atoms with Gasteiger partial charge in [0.1, 0.15) is 5.75 Å². The number of phenols is 1. The molecule has 2 atom stereocenters. The van der Waals surface area contributed by atoms with Gasteiger partial charge in [-0.25, -0.2) is 0 Å². The summed E-state index contributed by atoms with van der Waals surface area (Å²) in [5, 5.41) is 9.28. The van der Waals surface area contributed by atoms with E-state index in [1.807, 2.05) is 12.1 Å². The number of rotatable bonds is 3. The predicted octanol–water partition coefficient (Wildman–Crippen LogP) is 3.67. The summed E-state index contributed by atoms with van der Waals surface area (Å²) >= 11 is 1.57. The van der Waals surface area contributed by atoms with Crippen molar-refractivity contribution in [1.29, 1.82) is 0 Å². The predicted molar refractivity (Wildman–Crippen MR) is 85.5 cm³/mol. The molecule has 0 bridgehead atoms. The Kier molecular flexibility index (Phi) is 4.73. The molecule has 0 spiro atoms. The highest BCUT2D eigenvalue weighted by Gasteiger charge is 2.35. The van der Waals surface area contributed by atoms with Crippen LogP contribution in [0.5, 0.6) is 5.75 Å². The van der Waals surface area contributed by atoms with Crippen molar-refractivity contribution in [2.45, 2.75) is 49.5 Å². The van der Waals surface area contributed by atoms with Gasteiger partial charge in [-0.2, -0.15) is 0 Å². The van der Waals surface area contributed by atoms with Crippen molar-refractivity contribution in [1.82, 2.24) is 4.90 Å². The van der Waals surface area contributed by atoms with E-state index in [1.165, 1.54) is 32.1 Å². The van der Waals surface area contributed by atoms with Crippen molar-refractivity contribution in [2.24, 2.45) is 5.92 Å². The van der Waals surface area contributed by atoms with Gasteiger partial charge in [-0.3, -0.25) is 4.79 Å². The molecule has 21 heavy (non-hydrogen) atoms. The largest absolute Gasteiger partial charge is 0.508 e. The maximum Gasteiger partial charge on any atom is 0.233 e. The van der Waals surface area contributed by atoms with E-state index in [1.54, 1.807) is 23.9 Å². The van der Waals surface area contributed by atoms with Gasteiger partial charge < -0.3 is 10.0 Å². The number of nitrogens with zero attached hydrogens (tertiary/aromatic N) is 1. The number of amides is 1. The molecule has 3 rings (SSSR count). The number of benzene rings is 1. The van der Waals surface area contributed by atoms with Crippen molar-refractivity contribution >= 4 is 17.7 Å². The Morgan fingerprint density at radius 1 is 1.14 bits per heavy atom. The second kappa shape index (κ2) is 6.73. The first-order valence-electron chi connectivity index (χ1n) is 7.95. The van der Waals surface area contributed by atoms with Gasteiger partial charge in [0, 0.05) is 17.5 Å². The van der Waals surface area contributed by atoms with Crippen LogP contribution in [0, 0.1) is 5.92 Å². The van der Waals surface area contributed by atoms with Crippen LogP contribution in [0.15, 0.2) is 29.2 Å². The van der Waals surface area contributed by atoms with Gasteiger partial charge in [0.25, 0.3) is 0 Å². The number of aromatic hydroxyl groups is 1. The smallest absolute Gasteiger partial charge is 0.233 e. The molecule has 1 saturated heterocycles. The van der Waals surface area contributed by atoms with Gasteiger partial charge in [0.15, 0.2) is 0 Å². The van der Waals surface area contributed by atoms with Crippen LogP contribution in [-0.4, -0.2) is 34.3 Å². The average molecular weight is 305 g/mol. The molecule has 1 saturated carbocycles. The number of piperidine rings is 1. The van der Waals surface area contributed by atoms with Crippen molar-refractivity contribution < 1.29 is 9.90 Å². The van der Waals surface area contributed by atoms with Crippen LogP contribution in [0.4, 0.5) is 0 Å². The molecule has 0 radical (unpaired) electrons. The first kappa shape index (κ1) is 14.8. The van der Waals surface area contributed by atoms with E-state index in [0.29, 0.717) is 11.8 Å². The van der Waals surface area contributed by atoms with Gasteiger partial charge >= 0.3 is 0 Å². The highest BCUT2D eigenvalue weighted by atomic mass is 32.2. The Bertz CT molecular complexity index is 486. The third-order valence-electron chi connectivity index (χ3n) is 4.76. The lowest BCUT2D eigenvalue weighted by molar-refractivity contribution is -0.134. The Morgan fingerprint density at radius 2 is 1.86 bits per heavy atom. The van der Waals surface area contributed by atoms with E-state index in [2.05, 4.69) is 4.90 Å². The molecule has 1 N–H and O–H groups in total. The number of hydrogen-bond acceptors (Lipinski definition) is 3. The molecular weight excluding hydrogens is 282 g/mol.